The van der Waals surface area contributed by atoms with Gasteiger partial charge in [0.25, 0.3) is 0 Å². The first kappa shape index (κ1) is 32.1. The lowest BCUT2D eigenvalue weighted by Crippen LogP contribution is -2.61. The molecule has 39 heavy (non-hydrogen) atoms. The van der Waals surface area contributed by atoms with E-state index in [9.17, 15) is 28.8 Å². The highest BCUT2D eigenvalue weighted by Gasteiger charge is 2.35. The zero-order valence-electron chi connectivity index (χ0n) is 23.1. The lowest BCUT2D eigenvalue weighted by molar-refractivity contribution is -0.150. The maximum Gasteiger partial charge on any atom is 0.306 e. The molecule has 3 amide bonds. The second-order valence-electron chi connectivity index (χ2n) is 10.3. The van der Waals surface area contributed by atoms with Gasteiger partial charge in [0.05, 0.1) is 17.3 Å². The summed E-state index contributed by atoms with van der Waals surface area (Å²) in [6.07, 6.45) is 1.31. The van der Waals surface area contributed by atoms with Crippen molar-refractivity contribution < 1.29 is 33.5 Å². The van der Waals surface area contributed by atoms with Crippen molar-refractivity contribution in [1.29, 1.82) is 0 Å². The Kier molecular flexibility index (Phi) is 13.2. The Morgan fingerprint density at radius 2 is 1.85 bits per heavy atom. The van der Waals surface area contributed by atoms with Crippen LogP contribution in [0.4, 0.5) is 0 Å². The van der Waals surface area contributed by atoms with Crippen molar-refractivity contribution in [2.24, 2.45) is 11.8 Å². The van der Waals surface area contributed by atoms with E-state index in [1.807, 2.05) is 13.8 Å². The molecule has 2 atom stereocenters. The van der Waals surface area contributed by atoms with Crippen molar-refractivity contribution in [2.75, 3.05) is 19.7 Å². The first-order chi connectivity index (χ1) is 18.5. The molecule has 12 heteroatoms. The number of carbonyl (C=O) groups excluding carboxylic acids is 6. The van der Waals surface area contributed by atoms with Crippen LogP contribution in [0.5, 0.6) is 0 Å². The zero-order valence-corrected chi connectivity index (χ0v) is 23.9. The Morgan fingerprint density at radius 3 is 2.49 bits per heavy atom. The molecule has 1 aromatic rings. The standard InChI is InChI=1S/C27H40N4O7S/c1-17(2)15-23(34)28-13-11-24(35)31-19(7-5-12-29-31)27(37)30-26(18(3)4)21(33)16-38-25(36)10-9-20(32)22-8-6-14-39-22/h6,8,14,17-19,26,29H,5,7,9-13,15-16H2,1-4H3,(H,28,34)(H,30,37)/t19-,26-/m0/s1. The van der Waals surface area contributed by atoms with Gasteiger partial charge in [-0.1, -0.05) is 33.8 Å². The molecule has 0 aromatic carbocycles. The first-order valence-corrected chi connectivity index (χ1v) is 14.2. The summed E-state index contributed by atoms with van der Waals surface area (Å²) in [5, 5.41) is 8.49. The lowest BCUT2D eigenvalue weighted by Gasteiger charge is -2.36. The predicted molar refractivity (Wildman–Crippen MR) is 146 cm³/mol. The fraction of sp³-hybridized carbons (Fsp3) is 0.630. The fourth-order valence-corrected chi connectivity index (χ4v) is 4.77. The topological polar surface area (TPSA) is 151 Å². The average Bonchev–Trinajstić information content (AvgIpc) is 3.43. The molecule has 1 aliphatic heterocycles. The number of nitrogens with zero attached hydrogens (tertiary/aromatic N) is 1. The largest absolute Gasteiger partial charge is 0.458 e. The monoisotopic (exact) mass is 564 g/mol. The number of hydrazine groups is 1. The number of amides is 3. The maximum atomic E-state index is 13.2. The van der Waals surface area contributed by atoms with Crippen LogP contribution in [0, 0.1) is 11.8 Å². The van der Waals surface area contributed by atoms with Gasteiger partial charge in [0, 0.05) is 32.4 Å². The molecule has 3 N–H and O–H groups in total. The van der Waals surface area contributed by atoms with Crippen LogP contribution in [0.3, 0.4) is 0 Å². The number of carbonyl (C=O) groups is 6. The third-order valence-corrected chi connectivity index (χ3v) is 7.02. The number of esters is 1. The van der Waals surface area contributed by atoms with Crippen LogP contribution in [0.15, 0.2) is 17.5 Å². The van der Waals surface area contributed by atoms with Crippen LogP contribution in [-0.4, -0.2) is 72.0 Å². The Bertz CT molecular complexity index is 1010. The van der Waals surface area contributed by atoms with E-state index < -0.39 is 36.4 Å². The van der Waals surface area contributed by atoms with E-state index in [-0.39, 0.29) is 55.2 Å². The summed E-state index contributed by atoms with van der Waals surface area (Å²) < 4.78 is 5.08. The number of nitrogens with one attached hydrogen (secondary N) is 3. The van der Waals surface area contributed by atoms with E-state index in [4.69, 9.17) is 4.74 Å². The molecule has 1 aromatic heterocycles. The van der Waals surface area contributed by atoms with Crippen molar-refractivity contribution in [1.82, 2.24) is 21.1 Å². The Morgan fingerprint density at radius 1 is 1.10 bits per heavy atom. The zero-order chi connectivity index (χ0) is 28.9. The SMILES string of the molecule is CC(C)CC(=O)NCCC(=O)N1NCCC[C@H]1C(=O)N[C@H](C(=O)COC(=O)CCC(=O)c1cccs1)C(C)C. The van der Waals surface area contributed by atoms with Crippen LogP contribution >= 0.6 is 11.3 Å². The van der Waals surface area contributed by atoms with Gasteiger partial charge in [0.1, 0.15) is 6.04 Å². The molecule has 1 fully saturated rings. The normalized spacial score (nSPS) is 16.1. The van der Waals surface area contributed by atoms with E-state index in [1.54, 1.807) is 31.4 Å². The maximum absolute atomic E-state index is 13.2. The highest BCUT2D eigenvalue weighted by molar-refractivity contribution is 7.12. The van der Waals surface area contributed by atoms with Crippen molar-refractivity contribution in [2.45, 2.75) is 78.3 Å². The number of ketones is 2. The summed E-state index contributed by atoms with van der Waals surface area (Å²) >= 11 is 1.29. The molecular formula is C27H40N4O7S. The summed E-state index contributed by atoms with van der Waals surface area (Å²) in [6.45, 7) is 7.53. The highest BCUT2D eigenvalue weighted by Crippen LogP contribution is 2.15. The van der Waals surface area contributed by atoms with Gasteiger partial charge < -0.3 is 15.4 Å². The van der Waals surface area contributed by atoms with E-state index >= 15 is 0 Å². The number of Topliss-reactive ketones (excluding diaryl/α,β-unsaturated/α-hetero) is 2. The molecule has 1 aliphatic rings. The summed E-state index contributed by atoms with van der Waals surface area (Å²) in [5.74, 6) is -2.36. The fourth-order valence-electron chi connectivity index (χ4n) is 4.07. The molecule has 216 valence electrons. The summed E-state index contributed by atoms with van der Waals surface area (Å²) in [4.78, 5) is 75.4. The average molecular weight is 565 g/mol. The van der Waals surface area contributed by atoms with Crippen molar-refractivity contribution >= 4 is 46.6 Å². The van der Waals surface area contributed by atoms with Crippen LogP contribution in [0.25, 0.3) is 0 Å². The van der Waals surface area contributed by atoms with Gasteiger partial charge in [-0.2, -0.15) is 0 Å². The Labute approximate surface area is 233 Å². The molecule has 0 saturated carbocycles. The predicted octanol–water partition coefficient (Wildman–Crippen LogP) is 2.01. The number of thiophene rings is 1. The van der Waals surface area contributed by atoms with Gasteiger partial charge in [-0.3, -0.25) is 33.8 Å². The number of ether oxygens (including phenoxy) is 1. The van der Waals surface area contributed by atoms with E-state index in [1.165, 1.54) is 16.3 Å². The third kappa shape index (κ3) is 10.9. The Hall–Kier alpha value is -3.12. The van der Waals surface area contributed by atoms with Gasteiger partial charge >= 0.3 is 5.97 Å². The van der Waals surface area contributed by atoms with Gasteiger partial charge in [0.15, 0.2) is 18.2 Å². The molecule has 0 unspecified atom stereocenters. The molecule has 0 radical (unpaired) electrons. The molecule has 2 rings (SSSR count). The van der Waals surface area contributed by atoms with Gasteiger partial charge in [-0.25, -0.2) is 5.43 Å². The van der Waals surface area contributed by atoms with Crippen LogP contribution < -0.4 is 16.1 Å². The Balaban J connectivity index is 1.87. The molecule has 0 spiro atoms. The van der Waals surface area contributed by atoms with Crippen LogP contribution in [0.1, 0.15) is 75.9 Å². The molecular weight excluding hydrogens is 524 g/mol. The van der Waals surface area contributed by atoms with Crippen molar-refractivity contribution in [3.8, 4) is 0 Å². The molecule has 2 heterocycles. The smallest absolute Gasteiger partial charge is 0.306 e. The number of rotatable bonds is 15. The number of hydrogen-bond donors (Lipinski definition) is 3. The lowest BCUT2D eigenvalue weighted by atomic mass is 9.98. The minimum absolute atomic E-state index is 0.0160. The molecule has 0 bridgehead atoms. The third-order valence-electron chi connectivity index (χ3n) is 6.11. The van der Waals surface area contributed by atoms with Gasteiger partial charge in [-0.15, -0.1) is 11.3 Å². The molecule has 0 aliphatic carbocycles. The second kappa shape index (κ2) is 16.1. The highest BCUT2D eigenvalue weighted by atomic mass is 32.1. The van der Waals surface area contributed by atoms with Gasteiger partial charge in [0.2, 0.25) is 17.7 Å². The quantitative estimate of drug-likeness (QED) is 0.216. The minimum Gasteiger partial charge on any atom is -0.458 e. The number of hydrogen-bond acceptors (Lipinski definition) is 9. The van der Waals surface area contributed by atoms with Gasteiger partial charge in [-0.05, 0) is 36.1 Å². The second-order valence-corrected chi connectivity index (χ2v) is 11.2. The summed E-state index contributed by atoms with van der Waals surface area (Å²) in [7, 11) is 0. The van der Waals surface area contributed by atoms with E-state index in [0.29, 0.717) is 30.7 Å². The minimum atomic E-state index is -0.924. The summed E-state index contributed by atoms with van der Waals surface area (Å²) in [6, 6.07) is 1.69. The van der Waals surface area contributed by atoms with E-state index in [0.717, 1.165) is 0 Å². The van der Waals surface area contributed by atoms with Crippen molar-refractivity contribution in [3.63, 3.8) is 0 Å². The van der Waals surface area contributed by atoms with E-state index in [2.05, 4.69) is 16.1 Å². The van der Waals surface area contributed by atoms with Crippen LogP contribution in [-0.2, 0) is 28.7 Å². The van der Waals surface area contributed by atoms with Crippen molar-refractivity contribution in [3.05, 3.63) is 22.4 Å². The molecule has 1 saturated heterocycles. The summed E-state index contributed by atoms with van der Waals surface area (Å²) in [5.41, 5.74) is 2.95. The molecule has 11 nitrogen and oxygen atoms in total. The van der Waals surface area contributed by atoms with Crippen LogP contribution in [0.2, 0.25) is 0 Å². The first-order valence-electron chi connectivity index (χ1n) is 13.4.